The highest BCUT2D eigenvalue weighted by atomic mass is 16.5. The monoisotopic (exact) mass is 265 g/mol. The summed E-state index contributed by atoms with van der Waals surface area (Å²) in [5.41, 5.74) is 6.81. The van der Waals surface area contributed by atoms with Gasteiger partial charge in [0, 0.05) is 25.2 Å². The highest BCUT2D eigenvalue weighted by Gasteiger charge is 2.35. The minimum absolute atomic E-state index is 0.0178. The predicted molar refractivity (Wildman–Crippen MR) is 74.2 cm³/mol. The Balaban J connectivity index is 2.33. The van der Waals surface area contributed by atoms with E-state index in [2.05, 4.69) is 23.7 Å². The molecule has 5 heteroatoms. The summed E-state index contributed by atoms with van der Waals surface area (Å²) in [6.45, 7) is 6.49. The van der Waals surface area contributed by atoms with Crippen molar-refractivity contribution in [2.75, 3.05) is 26.8 Å². The van der Waals surface area contributed by atoms with Crippen LogP contribution in [0.15, 0.2) is 18.2 Å². The predicted octanol–water partition coefficient (Wildman–Crippen LogP) is 1.20. The molecule has 0 aromatic carbocycles. The van der Waals surface area contributed by atoms with Gasteiger partial charge in [0.05, 0.1) is 31.6 Å². The maximum absolute atomic E-state index is 5.85. The lowest BCUT2D eigenvalue weighted by molar-refractivity contribution is -0.0803. The normalized spacial score (nSPS) is 24.7. The van der Waals surface area contributed by atoms with Gasteiger partial charge in [0.15, 0.2) is 0 Å². The van der Waals surface area contributed by atoms with Crippen molar-refractivity contribution in [3.05, 3.63) is 23.9 Å². The molecule has 1 aromatic heterocycles. The van der Waals surface area contributed by atoms with Crippen LogP contribution in [0.3, 0.4) is 0 Å². The first-order valence-electron chi connectivity index (χ1n) is 6.75. The fraction of sp³-hybridized carbons (Fsp3) is 0.643. The molecule has 1 aromatic rings. The van der Waals surface area contributed by atoms with Gasteiger partial charge in [0.2, 0.25) is 5.88 Å². The molecule has 2 heterocycles. The quantitative estimate of drug-likeness (QED) is 0.886. The average Bonchev–Trinajstić information content (AvgIpc) is 2.46. The van der Waals surface area contributed by atoms with Crippen molar-refractivity contribution >= 4 is 0 Å². The molecule has 2 N–H and O–H groups in total. The van der Waals surface area contributed by atoms with Crippen molar-refractivity contribution in [2.45, 2.75) is 32.0 Å². The van der Waals surface area contributed by atoms with Crippen molar-refractivity contribution in [1.82, 2.24) is 9.88 Å². The highest BCUT2D eigenvalue weighted by molar-refractivity contribution is 5.20. The lowest BCUT2D eigenvalue weighted by Crippen LogP contribution is -2.51. The Morgan fingerprint density at radius 3 is 2.95 bits per heavy atom. The molecule has 0 saturated carbocycles. The second-order valence-electron chi connectivity index (χ2n) is 5.03. The molecular formula is C14H23N3O2. The smallest absolute Gasteiger partial charge is 0.213 e. The van der Waals surface area contributed by atoms with E-state index in [1.165, 1.54) is 0 Å². The molecule has 1 aliphatic heterocycles. The van der Waals surface area contributed by atoms with Crippen LogP contribution in [0.1, 0.15) is 25.6 Å². The number of nitrogens with zero attached hydrogens (tertiary/aromatic N) is 2. The van der Waals surface area contributed by atoms with E-state index in [9.17, 15) is 0 Å². The van der Waals surface area contributed by atoms with Gasteiger partial charge in [0.1, 0.15) is 0 Å². The molecule has 1 saturated heterocycles. The largest absolute Gasteiger partial charge is 0.481 e. The zero-order valence-corrected chi connectivity index (χ0v) is 11.9. The summed E-state index contributed by atoms with van der Waals surface area (Å²) in [5.74, 6) is 0.627. The first-order valence-corrected chi connectivity index (χ1v) is 6.75. The summed E-state index contributed by atoms with van der Waals surface area (Å²) < 4.78 is 11.0. The Kier molecular flexibility index (Phi) is 4.74. The molecular weight excluding hydrogens is 242 g/mol. The molecule has 0 amide bonds. The zero-order valence-electron chi connectivity index (χ0n) is 11.9. The van der Waals surface area contributed by atoms with E-state index >= 15 is 0 Å². The molecule has 0 aliphatic carbocycles. The van der Waals surface area contributed by atoms with Gasteiger partial charge >= 0.3 is 0 Å². The molecule has 5 nitrogen and oxygen atoms in total. The van der Waals surface area contributed by atoms with Crippen molar-refractivity contribution in [1.29, 1.82) is 0 Å². The van der Waals surface area contributed by atoms with Gasteiger partial charge in [-0.1, -0.05) is 6.07 Å². The summed E-state index contributed by atoms with van der Waals surface area (Å²) >= 11 is 0. The lowest BCUT2D eigenvalue weighted by atomic mass is 10.0. The number of ether oxygens (including phenoxy) is 2. The van der Waals surface area contributed by atoms with Gasteiger partial charge in [-0.3, -0.25) is 4.90 Å². The zero-order chi connectivity index (χ0) is 13.8. The third kappa shape index (κ3) is 3.05. The van der Waals surface area contributed by atoms with E-state index in [4.69, 9.17) is 15.2 Å². The van der Waals surface area contributed by atoms with E-state index < -0.39 is 0 Å². The summed E-state index contributed by atoms with van der Waals surface area (Å²) in [6.07, 6.45) is -0.0178. The summed E-state index contributed by atoms with van der Waals surface area (Å²) in [4.78, 5) is 6.94. The number of nitrogens with two attached hydrogens (primary N) is 1. The molecule has 0 spiro atoms. The Labute approximate surface area is 114 Å². The topological polar surface area (TPSA) is 60.6 Å². The standard InChI is InChI=1S/C14H23N3O2/c1-10(2)17-7-8-19-12(9-15)14(17)11-5-4-6-13(16-11)18-3/h4-6,10,12,14H,7-9,15H2,1-3H3. The molecule has 2 atom stereocenters. The molecule has 0 radical (unpaired) electrons. The van der Waals surface area contributed by atoms with Crippen molar-refractivity contribution in [2.24, 2.45) is 5.73 Å². The molecule has 106 valence electrons. The third-order valence-electron chi connectivity index (χ3n) is 3.54. The number of methoxy groups -OCH3 is 1. The van der Waals surface area contributed by atoms with Crippen LogP contribution in [-0.4, -0.2) is 48.8 Å². The highest BCUT2D eigenvalue weighted by Crippen LogP contribution is 2.30. The molecule has 2 rings (SSSR count). The van der Waals surface area contributed by atoms with E-state index in [1.54, 1.807) is 7.11 Å². The van der Waals surface area contributed by atoms with Crippen LogP contribution in [0.5, 0.6) is 5.88 Å². The van der Waals surface area contributed by atoms with Gasteiger partial charge < -0.3 is 15.2 Å². The first-order chi connectivity index (χ1) is 9.17. The maximum Gasteiger partial charge on any atom is 0.213 e. The molecule has 1 aliphatic rings. The van der Waals surface area contributed by atoms with Crippen molar-refractivity contribution in [3.8, 4) is 5.88 Å². The minimum Gasteiger partial charge on any atom is -0.481 e. The fourth-order valence-corrected chi connectivity index (χ4v) is 2.60. The SMILES string of the molecule is COc1cccc(C2C(CN)OCCN2C(C)C)n1. The van der Waals surface area contributed by atoms with E-state index in [-0.39, 0.29) is 12.1 Å². The van der Waals surface area contributed by atoms with Crippen LogP contribution < -0.4 is 10.5 Å². The summed E-state index contributed by atoms with van der Waals surface area (Å²) in [6, 6.07) is 6.34. The van der Waals surface area contributed by atoms with E-state index in [0.29, 0.717) is 18.5 Å². The second kappa shape index (κ2) is 6.32. The average molecular weight is 265 g/mol. The van der Waals surface area contributed by atoms with Gasteiger partial charge in [-0.05, 0) is 19.9 Å². The van der Waals surface area contributed by atoms with Gasteiger partial charge in [-0.2, -0.15) is 0 Å². The molecule has 0 bridgehead atoms. The Morgan fingerprint density at radius 2 is 2.32 bits per heavy atom. The maximum atomic E-state index is 5.85. The molecule has 1 fully saturated rings. The summed E-state index contributed by atoms with van der Waals surface area (Å²) in [7, 11) is 1.63. The van der Waals surface area contributed by atoms with Crippen LogP contribution in [-0.2, 0) is 4.74 Å². The lowest BCUT2D eigenvalue weighted by Gasteiger charge is -2.42. The Morgan fingerprint density at radius 1 is 1.53 bits per heavy atom. The van der Waals surface area contributed by atoms with Gasteiger partial charge in [-0.25, -0.2) is 4.98 Å². The number of hydrogen-bond donors (Lipinski definition) is 1. The van der Waals surface area contributed by atoms with Crippen LogP contribution in [0, 0.1) is 0 Å². The van der Waals surface area contributed by atoms with Crippen molar-refractivity contribution in [3.63, 3.8) is 0 Å². The Bertz CT molecular complexity index is 411. The molecule has 2 unspecified atom stereocenters. The number of rotatable bonds is 4. The van der Waals surface area contributed by atoms with Crippen molar-refractivity contribution < 1.29 is 9.47 Å². The van der Waals surface area contributed by atoms with Crippen LogP contribution in [0.25, 0.3) is 0 Å². The van der Waals surface area contributed by atoms with Crippen LogP contribution in [0.4, 0.5) is 0 Å². The second-order valence-corrected chi connectivity index (χ2v) is 5.03. The van der Waals surface area contributed by atoms with Crippen LogP contribution in [0.2, 0.25) is 0 Å². The Hall–Kier alpha value is -1.17. The number of aromatic nitrogens is 1. The molecule has 19 heavy (non-hydrogen) atoms. The third-order valence-corrected chi connectivity index (χ3v) is 3.54. The van der Waals surface area contributed by atoms with E-state index in [1.807, 2.05) is 18.2 Å². The summed E-state index contributed by atoms with van der Waals surface area (Å²) in [5, 5.41) is 0. The fourth-order valence-electron chi connectivity index (χ4n) is 2.60. The van der Waals surface area contributed by atoms with E-state index in [0.717, 1.165) is 18.8 Å². The number of pyridine rings is 1. The van der Waals surface area contributed by atoms with Crippen LogP contribution >= 0.6 is 0 Å². The number of hydrogen-bond acceptors (Lipinski definition) is 5. The van der Waals surface area contributed by atoms with Gasteiger partial charge in [-0.15, -0.1) is 0 Å². The number of morpholine rings is 1. The van der Waals surface area contributed by atoms with Gasteiger partial charge in [0.25, 0.3) is 0 Å². The first kappa shape index (κ1) is 14.2. The minimum atomic E-state index is -0.0178.